The van der Waals surface area contributed by atoms with Crippen LogP contribution in [0.2, 0.25) is 5.02 Å². The van der Waals surface area contributed by atoms with Crippen LogP contribution in [-0.4, -0.2) is 24.0 Å². The van der Waals surface area contributed by atoms with Crippen LogP contribution in [-0.2, 0) is 4.79 Å². The Hall–Kier alpha value is -2.53. The highest BCUT2D eigenvalue weighted by Gasteiger charge is 2.27. The van der Waals surface area contributed by atoms with E-state index in [1.807, 2.05) is 43.3 Å². The number of nitrogens with zero attached hydrogens (tertiary/aromatic N) is 2. The van der Waals surface area contributed by atoms with Crippen LogP contribution in [0, 0.1) is 12.8 Å². The Morgan fingerprint density at radius 3 is 2.77 bits per heavy atom. The summed E-state index contributed by atoms with van der Waals surface area (Å²) in [6.45, 7) is 3.46. The van der Waals surface area contributed by atoms with Gasteiger partial charge in [0, 0.05) is 29.7 Å². The summed E-state index contributed by atoms with van der Waals surface area (Å²) in [6, 6.07) is 13.9. The van der Waals surface area contributed by atoms with Gasteiger partial charge in [0.15, 0.2) is 5.58 Å². The smallest absolute Gasteiger partial charge is 0.298 e. The van der Waals surface area contributed by atoms with E-state index in [1.54, 1.807) is 6.07 Å². The SMILES string of the molecule is Cc1ccc(Cl)cc1NC(=O)C1CCN(c2nc3ccccc3o2)CC1. The summed E-state index contributed by atoms with van der Waals surface area (Å²) in [5.74, 6) is 0.0293. The van der Waals surface area contributed by atoms with Gasteiger partial charge in [-0.05, 0) is 49.6 Å². The van der Waals surface area contributed by atoms with E-state index in [0.717, 1.165) is 48.3 Å². The lowest BCUT2D eigenvalue weighted by atomic mass is 9.96. The number of benzene rings is 2. The van der Waals surface area contributed by atoms with Gasteiger partial charge in [-0.1, -0.05) is 29.8 Å². The number of piperidine rings is 1. The topological polar surface area (TPSA) is 58.4 Å². The Kier molecular flexibility index (Phi) is 4.55. The fourth-order valence-electron chi connectivity index (χ4n) is 3.29. The number of nitrogens with one attached hydrogen (secondary N) is 1. The molecule has 3 aromatic rings. The molecule has 1 aliphatic heterocycles. The first-order valence-electron chi connectivity index (χ1n) is 8.78. The number of halogens is 1. The summed E-state index contributed by atoms with van der Waals surface area (Å²) in [7, 11) is 0. The summed E-state index contributed by atoms with van der Waals surface area (Å²) in [5, 5.41) is 3.64. The molecule has 1 fully saturated rings. The minimum atomic E-state index is -0.0194. The van der Waals surface area contributed by atoms with Gasteiger partial charge in [0.05, 0.1) is 0 Å². The van der Waals surface area contributed by atoms with Gasteiger partial charge >= 0.3 is 0 Å². The first-order chi connectivity index (χ1) is 12.6. The summed E-state index contributed by atoms with van der Waals surface area (Å²) in [5.41, 5.74) is 3.44. The molecule has 0 spiro atoms. The molecule has 0 bridgehead atoms. The quantitative estimate of drug-likeness (QED) is 0.730. The van der Waals surface area contributed by atoms with Crippen molar-refractivity contribution in [3.05, 3.63) is 53.1 Å². The first-order valence-corrected chi connectivity index (χ1v) is 9.15. The number of hydrogen-bond acceptors (Lipinski definition) is 4. The number of fused-ring (bicyclic) bond motifs is 1. The van der Waals surface area contributed by atoms with Crippen LogP contribution in [0.5, 0.6) is 0 Å². The molecule has 6 heteroatoms. The van der Waals surface area contributed by atoms with Gasteiger partial charge in [-0.15, -0.1) is 0 Å². The maximum Gasteiger partial charge on any atom is 0.298 e. The van der Waals surface area contributed by atoms with Crippen molar-refractivity contribution in [2.45, 2.75) is 19.8 Å². The number of carbonyl (C=O) groups excluding carboxylic acids is 1. The molecule has 0 aliphatic carbocycles. The lowest BCUT2D eigenvalue weighted by Gasteiger charge is -2.30. The predicted molar refractivity (Wildman–Crippen MR) is 104 cm³/mol. The molecule has 0 atom stereocenters. The van der Waals surface area contributed by atoms with Crippen molar-refractivity contribution in [3.8, 4) is 0 Å². The molecule has 1 N–H and O–H groups in total. The molecule has 0 saturated carbocycles. The van der Waals surface area contributed by atoms with Crippen LogP contribution in [0.4, 0.5) is 11.7 Å². The largest absolute Gasteiger partial charge is 0.423 e. The van der Waals surface area contributed by atoms with E-state index in [9.17, 15) is 4.79 Å². The number of oxazole rings is 1. The average Bonchev–Trinajstić information content (AvgIpc) is 3.09. The van der Waals surface area contributed by atoms with Gasteiger partial charge < -0.3 is 14.6 Å². The molecule has 2 heterocycles. The van der Waals surface area contributed by atoms with Crippen LogP contribution in [0.25, 0.3) is 11.1 Å². The summed E-state index contributed by atoms with van der Waals surface area (Å²) in [6.07, 6.45) is 1.54. The average molecular weight is 370 g/mol. The molecule has 5 nitrogen and oxygen atoms in total. The minimum Gasteiger partial charge on any atom is -0.423 e. The lowest BCUT2D eigenvalue weighted by Crippen LogP contribution is -2.38. The number of anilines is 2. The number of aryl methyl sites for hydroxylation is 1. The zero-order valence-corrected chi connectivity index (χ0v) is 15.3. The van der Waals surface area contributed by atoms with Crippen molar-refractivity contribution in [1.29, 1.82) is 0 Å². The Morgan fingerprint density at radius 1 is 1.23 bits per heavy atom. The second kappa shape index (κ2) is 7.00. The highest BCUT2D eigenvalue weighted by molar-refractivity contribution is 6.31. The monoisotopic (exact) mass is 369 g/mol. The number of amides is 1. The van der Waals surface area contributed by atoms with Crippen LogP contribution in [0.15, 0.2) is 46.9 Å². The normalized spacial score (nSPS) is 15.4. The molecule has 0 unspecified atom stereocenters. The van der Waals surface area contributed by atoms with Crippen molar-refractivity contribution >= 4 is 40.3 Å². The standard InChI is InChI=1S/C20H20ClN3O2/c1-13-6-7-15(21)12-17(13)22-19(25)14-8-10-24(11-9-14)20-23-16-4-2-3-5-18(16)26-20/h2-7,12,14H,8-11H2,1H3,(H,22,25). The van der Waals surface area contributed by atoms with Crippen molar-refractivity contribution in [2.75, 3.05) is 23.3 Å². The second-order valence-corrected chi connectivity index (χ2v) is 7.11. The van der Waals surface area contributed by atoms with E-state index in [0.29, 0.717) is 11.0 Å². The van der Waals surface area contributed by atoms with Crippen LogP contribution >= 0.6 is 11.6 Å². The number of aromatic nitrogens is 1. The Bertz CT molecular complexity index is 912. The van der Waals surface area contributed by atoms with Gasteiger partial charge in [-0.3, -0.25) is 4.79 Å². The molecule has 4 rings (SSSR count). The molecular formula is C20H20ClN3O2. The maximum atomic E-state index is 12.6. The molecule has 1 aliphatic rings. The third-order valence-electron chi connectivity index (χ3n) is 4.88. The molecule has 26 heavy (non-hydrogen) atoms. The summed E-state index contributed by atoms with van der Waals surface area (Å²) in [4.78, 5) is 19.2. The van der Waals surface area contributed by atoms with Crippen molar-refractivity contribution in [3.63, 3.8) is 0 Å². The summed E-state index contributed by atoms with van der Waals surface area (Å²) < 4.78 is 5.83. The third-order valence-corrected chi connectivity index (χ3v) is 5.11. The van der Waals surface area contributed by atoms with E-state index in [2.05, 4.69) is 15.2 Å². The summed E-state index contributed by atoms with van der Waals surface area (Å²) >= 11 is 6.03. The van der Waals surface area contributed by atoms with E-state index in [-0.39, 0.29) is 11.8 Å². The van der Waals surface area contributed by atoms with Crippen LogP contribution < -0.4 is 10.2 Å². The molecule has 1 amide bonds. The maximum absolute atomic E-state index is 12.6. The molecule has 1 aromatic heterocycles. The highest BCUT2D eigenvalue weighted by atomic mass is 35.5. The van der Waals surface area contributed by atoms with Gasteiger partial charge in [0.1, 0.15) is 5.52 Å². The highest BCUT2D eigenvalue weighted by Crippen LogP contribution is 2.27. The fraction of sp³-hybridized carbons (Fsp3) is 0.300. The number of rotatable bonds is 3. The molecule has 1 saturated heterocycles. The zero-order valence-electron chi connectivity index (χ0n) is 14.5. The van der Waals surface area contributed by atoms with Crippen molar-refractivity contribution in [1.82, 2.24) is 4.98 Å². The van der Waals surface area contributed by atoms with Crippen molar-refractivity contribution in [2.24, 2.45) is 5.92 Å². The Labute approximate surface area is 157 Å². The third kappa shape index (κ3) is 3.40. The second-order valence-electron chi connectivity index (χ2n) is 6.67. The Morgan fingerprint density at radius 2 is 2.00 bits per heavy atom. The molecule has 0 radical (unpaired) electrons. The lowest BCUT2D eigenvalue weighted by molar-refractivity contribution is -0.120. The molecule has 134 valence electrons. The van der Waals surface area contributed by atoms with Gasteiger partial charge in [-0.2, -0.15) is 4.98 Å². The van der Waals surface area contributed by atoms with Gasteiger partial charge in [0.2, 0.25) is 5.91 Å². The van der Waals surface area contributed by atoms with Crippen LogP contribution in [0.3, 0.4) is 0 Å². The predicted octanol–water partition coefficient (Wildman–Crippen LogP) is 4.64. The number of hydrogen-bond donors (Lipinski definition) is 1. The Balaban J connectivity index is 1.39. The molecular weight excluding hydrogens is 350 g/mol. The molecule has 2 aromatic carbocycles. The van der Waals surface area contributed by atoms with Crippen molar-refractivity contribution < 1.29 is 9.21 Å². The van der Waals surface area contributed by atoms with Gasteiger partial charge in [-0.25, -0.2) is 0 Å². The van der Waals surface area contributed by atoms with E-state index in [4.69, 9.17) is 16.0 Å². The van der Waals surface area contributed by atoms with E-state index >= 15 is 0 Å². The first kappa shape index (κ1) is 16.9. The zero-order chi connectivity index (χ0) is 18.1. The van der Waals surface area contributed by atoms with E-state index < -0.39 is 0 Å². The van der Waals surface area contributed by atoms with Crippen LogP contribution in [0.1, 0.15) is 18.4 Å². The van der Waals surface area contributed by atoms with Gasteiger partial charge in [0.25, 0.3) is 6.01 Å². The van der Waals surface area contributed by atoms with E-state index in [1.165, 1.54) is 0 Å². The number of carbonyl (C=O) groups is 1. The minimum absolute atomic E-state index is 0.0194. The fourth-order valence-corrected chi connectivity index (χ4v) is 3.46. The number of para-hydroxylation sites is 2.